The van der Waals surface area contributed by atoms with Crippen LogP contribution in [0.4, 0.5) is 0 Å². The molecule has 0 fully saturated rings. The zero-order valence-electron chi connectivity index (χ0n) is 7.70. The van der Waals surface area contributed by atoms with E-state index in [4.69, 9.17) is 0 Å². The van der Waals surface area contributed by atoms with Crippen molar-refractivity contribution in [3.63, 3.8) is 0 Å². The number of benzene rings is 1. The van der Waals surface area contributed by atoms with E-state index in [1.54, 1.807) is 24.8 Å². The topological polar surface area (TPSA) is 82.1 Å². The molecule has 5 nitrogen and oxygen atoms in total. The molecule has 0 amide bonds. The van der Waals surface area contributed by atoms with E-state index in [9.17, 15) is 0 Å². The normalized spacial score (nSPS) is 10.1. The van der Waals surface area contributed by atoms with E-state index in [0.717, 1.165) is 22.1 Å². The Balaban J connectivity index is 0.000000853. The van der Waals surface area contributed by atoms with E-state index < -0.39 is 0 Å². The maximum Gasteiger partial charge on any atom is 0.0909 e. The van der Waals surface area contributed by atoms with Gasteiger partial charge in [0.15, 0.2) is 0 Å². The van der Waals surface area contributed by atoms with Crippen molar-refractivity contribution in [2.45, 2.75) is 0 Å². The lowest BCUT2D eigenvalue weighted by molar-refractivity contribution is 1.27. The van der Waals surface area contributed by atoms with E-state index in [1.165, 1.54) is 0 Å². The van der Waals surface area contributed by atoms with Crippen LogP contribution < -0.4 is 6.15 Å². The third-order valence-corrected chi connectivity index (χ3v) is 2.06. The Hall–Kier alpha value is -2.14. The molecule has 3 radical (unpaired) electrons. The Morgan fingerprint density at radius 1 is 0.533 bits per heavy atom. The van der Waals surface area contributed by atoms with Gasteiger partial charge in [-0.2, -0.15) is 0 Å². The first-order valence-electron chi connectivity index (χ1n) is 4.25. The Kier molecular flexibility index (Phi) is 2.23. The molecule has 2 aromatic heterocycles. The molecule has 0 N–H and O–H groups in total. The maximum atomic E-state index is 4.20. The number of nitrogens with zero attached hydrogens (tertiary/aromatic N) is 5. The lowest BCUT2D eigenvalue weighted by Crippen LogP contribution is -1.86. The van der Waals surface area contributed by atoms with Gasteiger partial charge in [0.2, 0.25) is 0 Å². The van der Waals surface area contributed by atoms with Crippen LogP contribution in [-0.2, 0) is 0 Å². The van der Waals surface area contributed by atoms with Gasteiger partial charge in [-0.1, -0.05) is 0 Å². The van der Waals surface area contributed by atoms with Gasteiger partial charge in [0.25, 0.3) is 0 Å². The molecule has 0 saturated heterocycles. The van der Waals surface area contributed by atoms with Crippen LogP contribution in [0.25, 0.3) is 22.1 Å². The zero-order chi connectivity index (χ0) is 9.38. The second-order valence-corrected chi connectivity index (χ2v) is 2.94. The molecule has 0 unspecified atom stereocenters. The molecule has 0 atom stereocenters. The average molecular weight is 196 g/mol. The fraction of sp³-hybridized carbons (Fsp3) is 0. The van der Waals surface area contributed by atoms with E-state index in [0.29, 0.717) is 0 Å². The summed E-state index contributed by atoms with van der Waals surface area (Å²) in [6, 6.07) is 3.79. The van der Waals surface area contributed by atoms with Gasteiger partial charge in [-0.15, -0.1) is 0 Å². The molecule has 0 bridgehead atoms. The first-order chi connectivity index (χ1) is 6.93. The van der Waals surface area contributed by atoms with Crippen molar-refractivity contribution in [1.29, 1.82) is 0 Å². The fourth-order valence-electron chi connectivity index (χ4n) is 1.42. The molecule has 0 saturated carbocycles. The maximum absolute atomic E-state index is 4.20. The highest BCUT2D eigenvalue weighted by Crippen LogP contribution is 2.15. The molecule has 2 heterocycles. The summed E-state index contributed by atoms with van der Waals surface area (Å²) in [7, 11) is 0. The predicted octanol–water partition coefficient (Wildman–Crippen LogP) is 1.09. The number of aromatic nitrogens is 4. The summed E-state index contributed by atoms with van der Waals surface area (Å²) in [4.78, 5) is 16.8. The van der Waals surface area contributed by atoms with Crippen molar-refractivity contribution in [2.24, 2.45) is 0 Å². The van der Waals surface area contributed by atoms with Crippen molar-refractivity contribution in [1.82, 2.24) is 26.1 Å². The molecular formula is C10H6N5. The summed E-state index contributed by atoms with van der Waals surface area (Å²) >= 11 is 0. The van der Waals surface area contributed by atoms with Crippen molar-refractivity contribution in [2.75, 3.05) is 0 Å². The van der Waals surface area contributed by atoms with Gasteiger partial charge in [-0.3, -0.25) is 19.9 Å². The van der Waals surface area contributed by atoms with Crippen LogP contribution in [0, 0.1) is 0 Å². The minimum atomic E-state index is 0. The number of fused-ring (bicyclic) bond motifs is 2. The SMILES string of the molecule is [N].c1cnc2cc3nccnc3cc2n1. The molecule has 0 aliphatic heterocycles. The summed E-state index contributed by atoms with van der Waals surface area (Å²) in [6.45, 7) is 0. The smallest absolute Gasteiger partial charge is 0.0909 e. The van der Waals surface area contributed by atoms with Crippen molar-refractivity contribution >= 4 is 22.1 Å². The Morgan fingerprint density at radius 3 is 1.07 bits per heavy atom. The minimum Gasteiger partial charge on any atom is -0.253 e. The number of hydrogen-bond donors (Lipinski definition) is 0. The predicted molar refractivity (Wildman–Crippen MR) is 54.8 cm³/mol. The molecule has 0 spiro atoms. The largest absolute Gasteiger partial charge is 0.253 e. The van der Waals surface area contributed by atoms with Crippen molar-refractivity contribution in [3.05, 3.63) is 36.9 Å². The van der Waals surface area contributed by atoms with Gasteiger partial charge in [0.05, 0.1) is 22.1 Å². The second kappa shape index (κ2) is 3.55. The third kappa shape index (κ3) is 1.49. The lowest BCUT2D eigenvalue weighted by Gasteiger charge is -1.97. The third-order valence-electron chi connectivity index (χ3n) is 2.06. The molecule has 0 aliphatic carbocycles. The molecule has 5 heteroatoms. The van der Waals surface area contributed by atoms with Crippen LogP contribution in [0.3, 0.4) is 0 Å². The second-order valence-electron chi connectivity index (χ2n) is 2.94. The van der Waals surface area contributed by atoms with Gasteiger partial charge < -0.3 is 0 Å². The van der Waals surface area contributed by atoms with Crippen LogP contribution in [0.2, 0.25) is 0 Å². The molecule has 1 aromatic carbocycles. The van der Waals surface area contributed by atoms with E-state index in [-0.39, 0.29) is 6.15 Å². The van der Waals surface area contributed by atoms with Crippen LogP contribution in [0.5, 0.6) is 0 Å². The summed E-state index contributed by atoms with van der Waals surface area (Å²) in [5.41, 5.74) is 3.39. The van der Waals surface area contributed by atoms with Crippen LogP contribution in [0.1, 0.15) is 0 Å². The zero-order valence-corrected chi connectivity index (χ0v) is 7.70. The van der Waals surface area contributed by atoms with Crippen LogP contribution in [0.15, 0.2) is 36.9 Å². The van der Waals surface area contributed by atoms with Crippen molar-refractivity contribution < 1.29 is 0 Å². The Labute approximate surface area is 85.8 Å². The van der Waals surface area contributed by atoms with E-state index in [2.05, 4.69) is 19.9 Å². The first kappa shape index (κ1) is 9.42. The summed E-state index contributed by atoms with van der Waals surface area (Å²) in [5, 5.41) is 0. The fourth-order valence-corrected chi connectivity index (χ4v) is 1.42. The number of rotatable bonds is 0. The Morgan fingerprint density at radius 2 is 0.800 bits per heavy atom. The quantitative estimate of drug-likeness (QED) is 0.504. The monoisotopic (exact) mass is 196 g/mol. The summed E-state index contributed by atoms with van der Waals surface area (Å²) < 4.78 is 0. The van der Waals surface area contributed by atoms with Gasteiger partial charge in [0, 0.05) is 30.9 Å². The van der Waals surface area contributed by atoms with E-state index in [1.807, 2.05) is 12.1 Å². The Bertz CT molecular complexity index is 503. The van der Waals surface area contributed by atoms with Gasteiger partial charge in [0.1, 0.15) is 0 Å². The highest BCUT2D eigenvalue weighted by atomic mass is 14.8. The highest BCUT2D eigenvalue weighted by Gasteiger charge is 1.99. The summed E-state index contributed by atoms with van der Waals surface area (Å²) in [6.07, 6.45) is 6.68. The average Bonchev–Trinajstić information content (AvgIpc) is 2.26. The molecular weight excluding hydrogens is 190 g/mol. The van der Waals surface area contributed by atoms with Gasteiger partial charge >= 0.3 is 0 Å². The molecule has 0 aliphatic rings. The first-order valence-corrected chi connectivity index (χ1v) is 4.25. The molecule has 71 valence electrons. The molecule has 15 heavy (non-hydrogen) atoms. The number of hydrogen-bond acceptors (Lipinski definition) is 4. The molecule has 3 rings (SSSR count). The van der Waals surface area contributed by atoms with E-state index >= 15 is 0 Å². The summed E-state index contributed by atoms with van der Waals surface area (Å²) in [5.74, 6) is 0. The minimum absolute atomic E-state index is 0. The van der Waals surface area contributed by atoms with Gasteiger partial charge in [-0.05, 0) is 12.1 Å². The van der Waals surface area contributed by atoms with Gasteiger partial charge in [-0.25, -0.2) is 0 Å². The highest BCUT2D eigenvalue weighted by molar-refractivity contribution is 5.90. The van der Waals surface area contributed by atoms with Crippen molar-refractivity contribution in [3.8, 4) is 0 Å². The lowest BCUT2D eigenvalue weighted by atomic mass is 10.2. The van der Waals surface area contributed by atoms with Crippen LogP contribution in [-0.4, -0.2) is 19.9 Å². The molecule has 3 aromatic rings. The standard InChI is InChI=1S/C10H6N4.N/c1-2-12-8-6-10-9(5-7(8)11-1)13-3-4-14-10;/h1-6H;. The van der Waals surface area contributed by atoms with Crippen LogP contribution >= 0.6 is 0 Å².